The maximum atomic E-state index is 11.6. The average Bonchev–Trinajstić information content (AvgIpc) is 2.28. The van der Waals surface area contributed by atoms with Crippen LogP contribution in [0.25, 0.3) is 0 Å². The second kappa shape index (κ2) is 6.61. The van der Waals surface area contributed by atoms with Crippen LogP contribution >= 0.6 is 11.6 Å². The van der Waals surface area contributed by atoms with Crippen LogP contribution < -0.4 is 10.4 Å². The summed E-state index contributed by atoms with van der Waals surface area (Å²) >= 11 is 5.96. The molecule has 1 amide bonds. The van der Waals surface area contributed by atoms with Gasteiger partial charge in [0.25, 0.3) is 0 Å². The molecule has 1 N–H and O–H groups in total. The fourth-order valence-corrected chi connectivity index (χ4v) is 1.74. The van der Waals surface area contributed by atoms with Gasteiger partial charge in [-0.2, -0.15) is 0 Å². The van der Waals surface area contributed by atoms with E-state index < -0.39 is 23.7 Å². The number of ether oxygens (including phenoxy) is 1. The van der Waals surface area contributed by atoms with E-state index in [1.807, 2.05) is 0 Å². The van der Waals surface area contributed by atoms with E-state index in [9.17, 15) is 14.7 Å². The van der Waals surface area contributed by atoms with Crippen LogP contribution in [0.4, 0.5) is 4.79 Å². The van der Waals surface area contributed by atoms with Crippen LogP contribution in [0.15, 0.2) is 24.3 Å². The molecule has 20 heavy (non-hydrogen) atoms. The molecule has 0 aliphatic rings. The molecule has 0 unspecified atom stereocenters. The van der Waals surface area contributed by atoms with E-state index in [2.05, 4.69) is 5.32 Å². The van der Waals surface area contributed by atoms with Crippen molar-refractivity contribution >= 4 is 23.7 Å². The lowest BCUT2D eigenvalue weighted by atomic mass is 10.1. The van der Waals surface area contributed by atoms with Gasteiger partial charge < -0.3 is 20.0 Å². The van der Waals surface area contributed by atoms with Crippen LogP contribution in [0.1, 0.15) is 26.3 Å². The van der Waals surface area contributed by atoms with E-state index in [0.717, 1.165) is 0 Å². The Kier molecular flexibility index (Phi) is 5.39. The Morgan fingerprint density at radius 3 is 2.45 bits per heavy atom. The highest BCUT2D eigenvalue weighted by molar-refractivity contribution is 6.31. The van der Waals surface area contributed by atoms with Crippen LogP contribution in [0.2, 0.25) is 5.02 Å². The molecule has 0 saturated heterocycles. The van der Waals surface area contributed by atoms with Crippen molar-refractivity contribution < 1.29 is 19.4 Å². The number of aliphatic carboxylic acids is 1. The molecular weight excluding hydrogens is 282 g/mol. The SMILES string of the molecule is CC(C)(C)OC(=O)N[C@@H](Cc1ccccc1Cl)C(=O)[O-]. The molecule has 1 atom stereocenters. The molecule has 0 bridgehead atoms. The fourth-order valence-electron chi connectivity index (χ4n) is 1.53. The van der Waals surface area contributed by atoms with Gasteiger partial charge in [-0.3, -0.25) is 0 Å². The molecular formula is C14H17ClNO4-. The molecule has 0 aliphatic carbocycles. The predicted molar refractivity (Wildman–Crippen MR) is 73.3 cm³/mol. The van der Waals surface area contributed by atoms with Crippen LogP contribution in [-0.4, -0.2) is 23.7 Å². The van der Waals surface area contributed by atoms with Gasteiger partial charge in [0.1, 0.15) is 5.60 Å². The number of carbonyl (C=O) groups is 2. The lowest BCUT2D eigenvalue weighted by Gasteiger charge is -2.24. The number of hydrogen-bond donors (Lipinski definition) is 1. The lowest BCUT2D eigenvalue weighted by molar-refractivity contribution is -0.308. The molecule has 5 nitrogen and oxygen atoms in total. The fraction of sp³-hybridized carbons (Fsp3) is 0.429. The third kappa shape index (κ3) is 5.48. The van der Waals surface area contributed by atoms with Crippen molar-refractivity contribution in [2.75, 3.05) is 0 Å². The Morgan fingerprint density at radius 1 is 1.35 bits per heavy atom. The summed E-state index contributed by atoms with van der Waals surface area (Å²) in [5.41, 5.74) is -0.0928. The van der Waals surface area contributed by atoms with Gasteiger partial charge in [-0.1, -0.05) is 29.8 Å². The molecule has 1 aromatic rings. The normalized spacial score (nSPS) is 12.6. The van der Waals surface area contributed by atoms with Gasteiger partial charge in [0.2, 0.25) is 0 Å². The zero-order valence-corrected chi connectivity index (χ0v) is 12.4. The van der Waals surface area contributed by atoms with Crippen LogP contribution in [-0.2, 0) is 16.0 Å². The first-order chi connectivity index (χ1) is 9.19. The Hall–Kier alpha value is -1.75. The summed E-state index contributed by atoms with van der Waals surface area (Å²) in [5.74, 6) is -1.39. The second-order valence-corrected chi connectivity index (χ2v) is 5.72. The number of benzene rings is 1. The number of rotatable bonds is 4. The average molecular weight is 299 g/mol. The number of hydrogen-bond acceptors (Lipinski definition) is 4. The zero-order chi connectivity index (χ0) is 15.3. The molecule has 0 heterocycles. The van der Waals surface area contributed by atoms with Gasteiger partial charge in [0.05, 0.1) is 12.0 Å². The highest BCUT2D eigenvalue weighted by atomic mass is 35.5. The summed E-state index contributed by atoms with van der Waals surface area (Å²) in [5, 5.41) is 13.8. The van der Waals surface area contributed by atoms with E-state index in [-0.39, 0.29) is 6.42 Å². The van der Waals surface area contributed by atoms with Crippen molar-refractivity contribution in [1.29, 1.82) is 0 Å². The summed E-state index contributed by atoms with van der Waals surface area (Å²) in [7, 11) is 0. The van der Waals surface area contributed by atoms with Crippen molar-refractivity contribution in [3.63, 3.8) is 0 Å². The minimum Gasteiger partial charge on any atom is -0.548 e. The van der Waals surface area contributed by atoms with Gasteiger partial charge in [0.15, 0.2) is 0 Å². The first-order valence-electron chi connectivity index (χ1n) is 6.13. The van der Waals surface area contributed by atoms with Gasteiger partial charge >= 0.3 is 6.09 Å². The second-order valence-electron chi connectivity index (χ2n) is 5.31. The molecule has 110 valence electrons. The van der Waals surface area contributed by atoms with Crippen molar-refractivity contribution in [2.45, 2.75) is 38.8 Å². The minimum absolute atomic E-state index is 0.0290. The first kappa shape index (κ1) is 16.3. The highest BCUT2D eigenvalue weighted by Crippen LogP contribution is 2.17. The molecule has 1 aromatic carbocycles. The minimum atomic E-state index is -1.39. The lowest BCUT2D eigenvalue weighted by Crippen LogP contribution is -2.50. The van der Waals surface area contributed by atoms with Gasteiger partial charge in [0, 0.05) is 5.02 Å². The molecule has 6 heteroatoms. The Balaban J connectivity index is 2.74. The quantitative estimate of drug-likeness (QED) is 0.914. The van der Waals surface area contributed by atoms with Crippen LogP contribution in [0.3, 0.4) is 0 Å². The maximum Gasteiger partial charge on any atom is 0.408 e. The third-order valence-corrected chi connectivity index (χ3v) is 2.73. The van der Waals surface area contributed by atoms with Crippen molar-refractivity contribution in [1.82, 2.24) is 5.32 Å². The smallest absolute Gasteiger partial charge is 0.408 e. The number of nitrogens with one attached hydrogen (secondary N) is 1. The standard InChI is InChI=1S/C14H18ClNO4/c1-14(2,3)20-13(19)16-11(12(17)18)8-9-6-4-5-7-10(9)15/h4-7,11H,8H2,1-3H3,(H,16,19)(H,17,18)/p-1/t11-/m0/s1. The monoisotopic (exact) mass is 298 g/mol. The van der Waals surface area contributed by atoms with Crippen LogP contribution in [0.5, 0.6) is 0 Å². The third-order valence-electron chi connectivity index (χ3n) is 2.36. The number of amides is 1. The van der Waals surface area contributed by atoms with E-state index in [0.29, 0.717) is 10.6 Å². The van der Waals surface area contributed by atoms with Gasteiger partial charge in [-0.05, 0) is 38.8 Å². The van der Waals surface area contributed by atoms with Crippen LogP contribution in [0, 0.1) is 0 Å². The Labute approximate surface area is 122 Å². The zero-order valence-electron chi connectivity index (χ0n) is 11.6. The number of carboxylic acid groups (broad SMARTS) is 1. The van der Waals surface area contributed by atoms with Crippen molar-refractivity contribution in [3.8, 4) is 0 Å². The van der Waals surface area contributed by atoms with Crippen molar-refractivity contribution in [3.05, 3.63) is 34.9 Å². The summed E-state index contributed by atoms with van der Waals surface area (Å²) in [6.45, 7) is 5.07. The summed E-state index contributed by atoms with van der Waals surface area (Å²) in [6.07, 6.45) is -0.778. The van der Waals surface area contributed by atoms with Crippen molar-refractivity contribution in [2.24, 2.45) is 0 Å². The van der Waals surface area contributed by atoms with Gasteiger partial charge in [-0.15, -0.1) is 0 Å². The van der Waals surface area contributed by atoms with E-state index in [1.165, 1.54) is 0 Å². The molecule has 0 fully saturated rings. The number of carboxylic acids is 1. The number of carbonyl (C=O) groups excluding carboxylic acids is 2. The molecule has 1 rings (SSSR count). The van der Waals surface area contributed by atoms with E-state index >= 15 is 0 Å². The summed E-state index contributed by atoms with van der Waals surface area (Å²) in [4.78, 5) is 22.7. The number of alkyl carbamates (subject to hydrolysis) is 1. The molecule has 0 spiro atoms. The predicted octanol–water partition coefficient (Wildman–Crippen LogP) is 1.53. The first-order valence-corrected chi connectivity index (χ1v) is 6.50. The topological polar surface area (TPSA) is 78.5 Å². The van der Waals surface area contributed by atoms with Gasteiger partial charge in [-0.25, -0.2) is 4.79 Å². The maximum absolute atomic E-state index is 11.6. The van der Waals surface area contributed by atoms with E-state index in [1.54, 1.807) is 45.0 Å². The summed E-state index contributed by atoms with van der Waals surface area (Å²) < 4.78 is 5.01. The largest absolute Gasteiger partial charge is 0.548 e. The molecule has 0 aromatic heterocycles. The molecule has 0 radical (unpaired) electrons. The molecule has 0 saturated carbocycles. The Bertz CT molecular complexity index is 496. The molecule has 0 aliphatic heterocycles. The Morgan fingerprint density at radius 2 is 1.95 bits per heavy atom. The highest BCUT2D eigenvalue weighted by Gasteiger charge is 2.20. The number of halogens is 1. The summed E-state index contributed by atoms with van der Waals surface area (Å²) in [6, 6.07) is 5.61. The van der Waals surface area contributed by atoms with E-state index in [4.69, 9.17) is 16.3 Å².